The van der Waals surface area contributed by atoms with Gasteiger partial charge in [-0.05, 0) is 37.1 Å². The molecule has 0 aliphatic heterocycles. The van der Waals surface area contributed by atoms with Crippen molar-refractivity contribution in [2.45, 2.75) is 32.9 Å². The number of nitrogens with two attached hydrogens (primary N) is 1. The summed E-state index contributed by atoms with van der Waals surface area (Å²) >= 11 is 0. The topological polar surface area (TPSA) is 102 Å². The molecule has 1 aromatic heterocycles. The number of hydrogen-bond acceptors (Lipinski definition) is 4. The number of anilines is 2. The van der Waals surface area contributed by atoms with Crippen LogP contribution < -0.4 is 16.4 Å². The summed E-state index contributed by atoms with van der Waals surface area (Å²) in [6.07, 6.45) is 3.35. The van der Waals surface area contributed by atoms with Crippen LogP contribution >= 0.6 is 0 Å². The van der Waals surface area contributed by atoms with Crippen LogP contribution in [0.2, 0.25) is 0 Å². The predicted octanol–water partition coefficient (Wildman–Crippen LogP) is 2.00. The molecule has 7 nitrogen and oxygen atoms in total. The zero-order valence-electron chi connectivity index (χ0n) is 14.1. The molecule has 0 radical (unpaired) electrons. The molecular formula is C17H23N5O2. The molecule has 1 heterocycles. The average Bonchev–Trinajstić information content (AvgIpc) is 3.07. The second-order valence-electron chi connectivity index (χ2n) is 5.99. The summed E-state index contributed by atoms with van der Waals surface area (Å²) in [4.78, 5) is 24.3. The first kappa shape index (κ1) is 17.7. The van der Waals surface area contributed by atoms with Gasteiger partial charge in [-0.25, -0.2) is 0 Å². The number of aromatic nitrogens is 2. The Morgan fingerprint density at radius 1 is 1.08 bits per heavy atom. The third-order valence-corrected chi connectivity index (χ3v) is 3.72. The number of benzene rings is 1. The first-order valence-corrected chi connectivity index (χ1v) is 7.85. The van der Waals surface area contributed by atoms with E-state index in [9.17, 15) is 9.59 Å². The summed E-state index contributed by atoms with van der Waals surface area (Å²) in [7, 11) is 0. The Balaban J connectivity index is 2.02. The van der Waals surface area contributed by atoms with Crippen LogP contribution in [-0.4, -0.2) is 27.6 Å². The highest BCUT2D eigenvalue weighted by molar-refractivity contribution is 5.97. The number of hydrogen-bond donors (Lipinski definition) is 3. The molecule has 2 atom stereocenters. The van der Waals surface area contributed by atoms with Gasteiger partial charge >= 0.3 is 0 Å². The van der Waals surface area contributed by atoms with Gasteiger partial charge in [0.25, 0.3) is 0 Å². The molecular weight excluding hydrogens is 306 g/mol. The van der Waals surface area contributed by atoms with Crippen LogP contribution in [0.15, 0.2) is 42.7 Å². The molecule has 2 amide bonds. The molecule has 128 valence electrons. The molecule has 1 unspecified atom stereocenters. The second-order valence-corrected chi connectivity index (χ2v) is 5.99. The van der Waals surface area contributed by atoms with Crippen LogP contribution in [0.25, 0.3) is 0 Å². The molecule has 0 bridgehead atoms. The van der Waals surface area contributed by atoms with Crippen molar-refractivity contribution in [1.29, 1.82) is 0 Å². The maximum absolute atomic E-state index is 12.3. The Hall–Kier alpha value is -2.67. The summed E-state index contributed by atoms with van der Waals surface area (Å²) in [5, 5.41) is 9.63. The number of nitrogens with zero attached hydrogens (tertiary/aromatic N) is 2. The molecule has 0 spiro atoms. The smallest absolute Gasteiger partial charge is 0.248 e. The van der Waals surface area contributed by atoms with Gasteiger partial charge in [-0.15, -0.1) is 0 Å². The van der Waals surface area contributed by atoms with E-state index in [0.29, 0.717) is 11.4 Å². The fourth-order valence-electron chi connectivity index (χ4n) is 2.08. The van der Waals surface area contributed by atoms with Crippen LogP contribution in [-0.2, 0) is 9.59 Å². The van der Waals surface area contributed by atoms with Gasteiger partial charge in [0.2, 0.25) is 11.8 Å². The van der Waals surface area contributed by atoms with E-state index in [1.54, 1.807) is 54.3 Å². The van der Waals surface area contributed by atoms with E-state index in [4.69, 9.17) is 5.73 Å². The van der Waals surface area contributed by atoms with E-state index in [-0.39, 0.29) is 17.7 Å². The molecule has 2 aromatic rings. The number of amides is 2. The van der Waals surface area contributed by atoms with Crippen LogP contribution in [0.1, 0.15) is 26.8 Å². The van der Waals surface area contributed by atoms with Crippen LogP contribution in [0.4, 0.5) is 11.4 Å². The van der Waals surface area contributed by atoms with E-state index in [2.05, 4.69) is 15.7 Å². The van der Waals surface area contributed by atoms with Crippen molar-refractivity contribution in [3.05, 3.63) is 42.7 Å². The lowest BCUT2D eigenvalue weighted by Crippen LogP contribution is -2.39. The highest BCUT2D eigenvalue weighted by Crippen LogP contribution is 2.17. The van der Waals surface area contributed by atoms with E-state index in [1.165, 1.54) is 0 Å². The molecule has 7 heteroatoms. The molecule has 4 N–H and O–H groups in total. The number of carbonyl (C=O) groups excluding carboxylic acids is 2. The number of carbonyl (C=O) groups is 2. The van der Waals surface area contributed by atoms with Crippen molar-refractivity contribution < 1.29 is 9.59 Å². The molecule has 1 aromatic carbocycles. The monoisotopic (exact) mass is 329 g/mol. The Labute approximate surface area is 141 Å². The Morgan fingerprint density at radius 3 is 2.25 bits per heavy atom. The number of rotatable bonds is 6. The van der Waals surface area contributed by atoms with Gasteiger partial charge in [-0.1, -0.05) is 19.9 Å². The molecule has 2 rings (SSSR count). The van der Waals surface area contributed by atoms with Crippen molar-refractivity contribution in [2.24, 2.45) is 11.7 Å². The lowest BCUT2D eigenvalue weighted by atomic mass is 10.0. The third-order valence-electron chi connectivity index (χ3n) is 3.72. The van der Waals surface area contributed by atoms with Crippen LogP contribution in [0, 0.1) is 5.92 Å². The number of nitrogens with one attached hydrogen (secondary N) is 2. The van der Waals surface area contributed by atoms with Crippen molar-refractivity contribution in [1.82, 2.24) is 9.78 Å². The quantitative estimate of drug-likeness (QED) is 0.754. The van der Waals surface area contributed by atoms with Crippen molar-refractivity contribution >= 4 is 23.2 Å². The molecule has 24 heavy (non-hydrogen) atoms. The lowest BCUT2D eigenvalue weighted by Gasteiger charge is -2.16. The zero-order valence-corrected chi connectivity index (χ0v) is 14.1. The average molecular weight is 329 g/mol. The van der Waals surface area contributed by atoms with Crippen LogP contribution in [0.5, 0.6) is 0 Å². The molecule has 0 saturated heterocycles. The minimum atomic E-state index is -0.580. The van der Waals surface area contributed by atoms with Crippen molar-refractivity contribution in [3.63, 3.8) is 0 Å². The van der Waals surface area contributed by atoms with E-state index in [1.807, 2.05) is 13.8 Å². The van der Waals surface area contributed by atoms with Gasteiger partial charge in [0.05, 0.1) is 6.04 Å². The fourth-order valence-corrected chi connectivity index (χ4v) is 2.08. The molecule has 0 saturated carbocycles. The normalized spacial score (nSPS) is 13.4. The largest absolute Gasteiger partial charge is 0.325 e. The maximum atomic E-state index is 12.3. The Morgan fingerprint density at radius 2 is 1.71 bits per heavy atom. The summed E-state index contributed by atoms with van der Waals surface area (Å²) in [5.74, 6) is -0.401. The zero-order chi connectivity index (χ0) is 17.7. The standard InChI is InChI=1S/C17H23N5O2/c1-11(2)15(18)17(24)21-14-7-4-6-13(10-14)20-16(23)12(3)22-9-5-8-19-22/h4-12,15H,18H2,1-3H3,(H,20,23)(H,21,24)/t12?,15-/m0/s1. The molecule has 0 aliphatic carbocycles. The van der Waals surface area contributed by atoms with Gasteiger partial charge in [0, 0.05) is 23.8 Å². The highest BCUT2D eigenvalue weighted by Gasteiger charge is 2.18. The molecule has 0 aliphatic rings. The van der Waals surface area contributed by atoms with Crippen molar-refractivity contribution in [3.8, 4) is 0 Å². The lowest BCUT2D eigenvalue weighted by molar-refractivity contribution is -0.119. The maximum Gasteiger partial charge on any atom is 0.248 e. The second kappa shape index (κ2) is 7.74. The first-order valence-electron chi connectivity index (χ1n) is 7.85. The minimum absolute atomic E-state index is 0.0443. The van der Waals surface area contributed by atoms with Gasteiger partial charge < -0.3 is 16.4 Å². The summed E-state index contributed by atoms with van der Waals surface area (Å²) < 4.78 is 1.57. The van der Waals surface area contributed by atoms with Crippen LogP contribution in [0.3, 0.4) is 0 Å². The van der Waals surface area contributed by atoms with Gasteiger partial charge in [-0.3, -0.25) is 14.3 Å². The SMILES string of the molecule is CC(C)[C@H](N)C(=O)Nc1cccc(NC(=O)C(C)n2cccn2)c1. The summed E-state index contributed by atoms with van der Waals surface area (Å²) in [6.45, 7) is 5.53. The Bertz CT molecular complexity index is 697. The van der Waals surface area contributed by atoms with Gasteiger partial charge in [-0.2, -0.15) is 5.10 Å². The van der Waals surface area contributed by atoms with E-state index < -0.39 is 12.1 Å². The van der Waals surface area contributed by atoms with Gasteiger partial charge in [0.15, 0.2) is 0 Å². The van der Waals surface area contributed by atoms with Gasteiger partial charge in [0.1, 0.15) is 6.04 Å². The van der Waals surface area contributed by atoms with Crippen molar-refractivity contribution in [2.75, 3.05) is 10.6 Å². The summed E-state index contributed by atoms with van der Waals surface area (Å²) in [5.41, 5.74) is 7.01. The minimum Gasteiger partial charge on any atom is -0.325 e. The Kier molecular flexibility index (Phi) is 5.70. The van der Waals surface area contributed by atoms with E-state index >= 15 is 0 Å². The predicted molar refractivity (Wildman–Crippen MR) is 93.5 cm³/mol. The summed E-state index contributed by atoms with van der Waals surface area (Å²) in [6, 6.07) is 7.69. The highest BCUT2D eigenvalue weighted by atomic mass is 16.2. The first-order chi connectivity index (χ1) is 11.4. The van der Waals surface area contributed by atoms with E-state index in [0.717, 1.165) is 0 Å². The fraction of sp³-hybridized carbons (Fsp3) is 0.353. The molecule has 0 fully saturated rings. The third kappa shape index (κ3) is 4.42.